The molecule has 1 aromatic carbocycles. The van der Waals surface area contributed by atoms with Gasteiger partial charge in [0, 0.05) is 22.7 Å². The number of hydrogen-bond donors (Lipinski definition) is 1. The van der Waals surface area contributed by atoms with Crippen LogP contribution in [0, 0.1) is 6.92 Å². The van der Waals surface area contributed by atoms with E-state index in [4.69, 9.17) is 10.3 Å². The Morgan fingerprint density at radius 1 is 1.12 bits per heavy atom. The van der Waals surface area contributed by atoms with E-state index in [9.17, 15) is 0 Å². The summed E-state index contributed by atoms with van der Waals surface area (Å²) in [7, 11) is 0. The third kappa shape index (κ3) is 1.73. The molecular weight excluding hydrogens is 214 g/mol. The first-order chi connectivity index (χ1) is 8.22. The van der Waals surface area contributed by atoms with Gasteiger partial charge in [0.1, 0.15) is 5.69 Å². The van der Waals surface area contributed by atoms with Gasteiger partial charge in [-0.15, -0.1) is 0 Å². The number of nitrogens with zero attached hydrogens (tertiary/aromatic N) is 2. The standard InChI is InChI=1S/C13H11N3O/c1-8-2-3-9-6-10(4-5-11(9)15-8)12-7-13(14)17-16-12/h2-7H,14H2,1H3. The molecule has 2 aromatic heterocycles. The van der Waals surface area contributed by atoms with Crippen LogP contribution in [0.5, 0.6) is 0 Å². The number of hydrogen-bond acceptors (Lipinski definition) is 4. The van der Waals surface area contributed by atoms with Crippen molar-refractivity contribution in [3.05, 3.63) is 42.1 Å². The van der Waals surface area contributed by atoms with Gasteiger partial charge in [-0.3, -0.25) is 4.98 Å². The number of pyridine rings is 1. The fourth-order valence-corrected chi connectivity index (χ4v) is 1.81. The highest BCUT2D eigenvalue weighted by molar-refractivity contribution is 5.84. The van der Waals surface area contributed by atoms with Crippen LogP contribution in [0.3, 0.4) is 0 Å². The highest BCUT2D eigenvalue weighted by atomic mass is 16.5. The molecule has 0 saturated heterocycles. The molecule has 2 N–H and O–H groups in total. The Morgan fingerprint density at radius 3 is 2.76 bits per heavy atom. The molecule has 0 atom stereocenters. The zero-order chi connectivity index (χ0) is 11.8. The zero-order valence-electron chi connectivity index (χ0n) is 9.34. The maximum absolute atomic E-state index is 5.51. The lowest BCUT2D eigenvalue weighted by atomic mass is 10.1. The monoisotopic (exact) mass is 225 g/mol. The molecule has 0 amide bonds. The molecule has 0 aliphatic carbocycles. The summed E-state index contributed by atoms with van der Waals surface area (Å²) in [5.74, 6) is 0.321. The van der Waals surface area contributed by atoms with Crippen LogP contribution in [0.4, 0.5) is 5.88 Å². The molecule has 0 unspecified atom stereocenters. The Hall–Kier alpha value is -2.36. The van der Waals surface area contributed by atoms with Crippen LogP contribution in [0.25, 0.3) is 22.2 Å². The summed E-state index contributed by atoms with van der Waals surface area (Å²) in [4.78, 5) is 4.45. The van der Waals surface area contributed by atoms with E-state index in [0.717, 1.165) is 27.9 Å². The fraction of sp³-hybridized carbons (Fsp3) is 0.0769. The lowest BCUT2D eigenvalue weighted by Crippen LogP contribution is -1.84. The Balaban J connectivity index is 2.16. The Morgan fingerprint density at radius 2 is 2.00 bits per heavy atom. The van der Waals surface area contributed by atoms with Gasteiger partial charge in [0.25, 0.3) is 0 Å². The van der Waals surface area contributed by atoms with E-state index in [-0.39, 0.29) is 0 Å². The van der Waals surface area contributed by atoms with E-state index in [1.807, 2.05) is 37.3 Å². The van der Waals surface area contributed by atoms with Gasteiger partial charge >= 0.3 is 0 Å². The van der Waals surface area contributed by atoms with E-state index in [2.05, 4.69) is 10.1 Å². The third-order valence-electron chi connectivity index (χ3n) is 2.65. The van der Waals surface area contributed by atoms with Gasteiger partial charge < -0.3 is 10.3 Å². The number of aromatic nitrogens is 2. The van der Waals surface area contributed by atoms with Gasteiger partial charge in [-0.2, -0.15) is 0 Å². The van der Waals surface area contributed by atoms with Crippen molar-refractivity contribution >= 4 is 16.8 Å². The number of rotatable bonds is 1. The zero-order valence-corrected chi connectivity index (χ0v) is 9.34. The van der Waals surface area contributed by atoms with Gasteiger partial charge in [-0.05, 0) is 25.1 Å². The summed E-state index contributed by atoms with van der Waals surface area (Å²) >= 11 is 0. The summed E-state index contributed by atoms with van der Waals surface area (Å²) < 4.78 is 4.86. The lowest BCUT2D eigenvalue weighted by Gasteiger charge is -2.01. The molecule has 2 heterocycles. The molecule has 3 rings (SSSR count). The van der Waals surface area contributed by atoms with Crippen LogP contribution in [-0.4, -0.2) is 10.1 Å². The smallest absolute Gasteiger partial charge is 0.222 e. The molecule has 0 aliphatic rings. The van der Waals surface area contributed by atoms with Crippen molar-refractivity contribution in [3.8, 4) is 11.3 Å². The number of anilines is 1. The van der Waals surface area contributed by atoms with Crippen molar-refractivity contribution < 1.29 is 4.52 Å². The van der Waals surface area contributed by atoms with Crippen molar-refractivity contribution in [1.82, 2.24) is 10.1 Å². The second kappa shape index (κ2) is 3.59. The van der Waals surface area contributed by atoms with Crippen molar-refractivity contribution in [2.75, 3.05) is 5.73 Å². The summed E-state index contributed by atoms with van der Waals surface area (Å²) in [5.41, 5.74) is 9.21. The van der Waals surface area contributed by atoms with Gasteiger partial charge in [0.15, 0.2) is 0 Å². The molecule has 4 nitrogen and oxygen atoms in total. The normalized spacial score (nSPS) is 10.9. The fourth-order valence-electron chi connectivity index (χ4n) is 1.81. The van der Waals surface area contributed by atoms with Crippen molar-refractivity contribution in [1.29, 1.82) is 0 Å². The second-order valence-corrected chi connectivity index (χ2v) is 3.97. The third-order valence-corrected chi connectivity index (χ3v) is 2.65. The summed E-state index contributed by atoms with van der Waals surface area (Å²) in [6.45, 7) is 1.98. The molecule has 3 aromatic rings. The minimum Gasteiger partial charge on any atom is -0.368 e. The molecule has 84 valence electrons. The first kappa shape index (κ1) is 9.84. The maximum Gasteiger partial charge on any atom is 0.222 e. The van der Waals surface area contributed by atoms with Gasteiger partial charge in [-0.25, -0.2) is 0 Å². The number of benzene rings is 1. The number of fused-ring (bicyclic) bond motifs is 1. The van der Waals surface area contributed by atoms with E-state index in [1.165, 1.54) is 0 Å². The Bertz CT molecular complexity index is 688. The second-order valence-electron chi connectivity index (χ2n) is 3.97. The van der Waals surface area contributed by atoms with Crippen LogP contribution in [0.1, 0.15) is 5.69 Å². The van der Waals surface area contributed by atoms with E-state index < -0.39 is 0 Å². The molecule has 0 saturated carbocycles. The molecule has 4 heteroatoms. The van der Waals surface area contributed by atoms with Gasteiger partial charge in [0.05, 0.1) is 5.52 Å². The average molecular weight is 225 g/mol. The number of nitrogens with two attached hydrogens (primary N) is 1. The Kier molecular flexibility index (Phi) is 2.08. The molecule has 0 bridgehead atoms. The lowest BCUT2D eigenvalue weighted by molar-refractivity contribution is 0.439. The molecule has 17 heavy (non-hydrogen) atoms. The van der Waals surface area contributed by atoms with Crippen LogP contribution in [0.2, 0.25) is 0 Å². The van der Waals surface area contributed by atoms with Gasteiger partial charge in [0.2, 0.25) is 5.88 Å². The average Bonchev–Trinajstić information content (AvgIpc) is 2.75. The van der Waals surface area contributed by atoms with Crippen LogP contribution in [0.15, 0.2) is 40.9 Å². The Labute approximate surface area is 98.1 Å². The summed E-state index contributed by atoms with van der Waals surface area (Å²) in [6.07, 6.45) is 0. The predicted octanol–water partition coefficient (Wildman–Crippen LogP) is 2.78. The molecule has 0 aliphatic heterocycles. The van der Waals surface area contributed by atoms with Crippen molar-refractivity contribution in [3.63, 3.8) is 0 Å². The minimum absolute atomic E-state index is 0.321. The van der Waals surface area contributed by atoms with E-state index in [1.54, 1.807) is 6.07 Å². The van der Waals surface area contributed by atoms with Crippen LogP contribution < -0.4 is 5.73 Å². The SMILES string of the molecule is Cc1ccc2cc(-c3cc(N)on3)ccc2n1. The first-order valence-corrected chi connectivity index (χ1v) is 5.32. The van der Waals surface area contributed by atoms with Crippen molar-refractivity contribution in [2.24, 2.45) is 0 Å². The summed E-state index contributed by atoms with van der Waals surface area (Å²) in [5, 5.41) is 4.97. The topological polar surface area (TPSA) is 64.9 Å². The molecule has 0 fully saturated rings. The first-order valence-electron chi connectivity index (χ1n) is 5.32. The maximum atomic E-state index is 5.51. The van der Waals surface area contributed by atoms with Crippen molar-refractivity contribution in [2.45, 2.75) is 6.92 Å². The largest absolute Gasteiger partial charge is 0.368 e. The van der Waals surface area contributed by atoms with Crippen LogP contribution >= 0.6 is 0 Å². The summed E-state index contributed by atoms with van der Waals surface area (Å²) in [6, 6.07) is 11.7. The highest BCUT2D eigenvalue weighted by Gasteiger charge is 2.05. The molecule has 0 spiro atoms. The molecule has 0 radical (unpaired) electrons. The van der Waals surface area contributed by atoms with Crippen LogP contribution in [-0.2, 0) is 0 Å². The van der Waals surface area contributed by atoms with Gasteiger partial charge in [-0.1, -0.05) is 17.3 Å². The predicted molar refractivity (Wildman–Crippen MR) is 66.4 cm³/mol. The number of nitrogen functional groups attached to an aromatic ring is 1. The van der Waals surface area contributed by atoms with E-state index >= 15 is 0 Å². The number of aryl methyl sites for hydroxylation is 1. The molecular formula is C13H11N3O. The quantitative estimate of drug-likeness (QED) is 0.691. The minimum atomic E-state index is 0.321. The van der Waals surface area contributed by atoms with E-state index in [0.29, 0.717) is 5.88 Å². The highest BCUT2D eigenvalue weighted by Crippen LogP contribution is 2.24.